The Morgan fingerprint density at radius 1 is 1.36 bits per heavy atom. The van der Waals surface area contributed by atoms with Crippen LogP contribution in [0.1, 0.15) is 33.6 Å². The first-order valence-corrected chi connectivity index (χ1v) is 8.35. The molecule has 0 saturated carbocycles. The first-order valence-electron chi connectivity index (χ1n) is 6.84. The second-order valence-electron chi connectivity index (χ2n) is 4.82. The third kappa shape index (κ3) is 3.69. The summed E-state index contributed by atoms with van der Waals surface area (Å²) >= 11 is 5.39. The summed E-state index contributed by atoms with van der Waals surface area (Å²) in [5.41, 5.74) is 0.908. The molecule has 2 rings (SSSR count). The minimum Gasteiger partial charge on any atom is -0.508 e. The zero-order valence-corrected chi connectivity index (χ0v) is 13.8. The smallest absolute Gasteiger partial charge is 0.227 e. The number of hydrogen-bond donors (Lipinski definition) is 3. The summed E-state index contributed by atoms with van der Waals surface area (Å²) in [7, 11) is 0. The first kappa shape index (κ1) is 16.6. The van der Waals surface area contributed by atoms with E-state index in [9.17, 15) is 14.7 Å². The van der Waals surface area contributed by atoms with E-state index in [-0.39, 0.29) is 17.4 Å². The molecule has 4 nitrogen and oxygen atoms in total. The van der Waals surface area contributed by atoms with Crippen LogP contribution < -0.4 is 5.32 Å². The van der Waals surface area contributed by atoms with Crippen molar-refractivity contribution in [1.29, 1.82) is 0 Å². The van der Waals surface area contributed by atoms with Crippen molar-refractivity contribution in [3.8, 4) is 5.75 Å². The number of carbonyl (C=O) groups is 2. The van der Waals surface area contributed by atoms with E-state index in [1.54, 1.807) is 31.2 Å². The molecule has 2 N–H and O–H groups in total. The minimum atomic E-state index is -0.495. The number of thiophene rings is 1. The van der Waals surface area contributed by atoms with E-state index >= 15 is 0 Å². The van der Waals surface area contributed by atoms with Crippen LogP contribution in [0.3, 0.4) is 0 Å². The highest BCUT2D eigenvalue weighted by Crippen LogP contribution is 2.28. The van der Waals surface area contributed by atoms with E-state index in [0.29, 0.717) is 28.3 Å². The van der Waals surface area contributed by atoms with Crippen LogP contribution in [0.5, 0.6) is 5.75 Å². The van der Waals surface area contributed by atoms with Crippen molar-refractivity contribution in [1.82, 2.24) is 5.32 Å². The molecule has 1 heterocycles. The molecule has 0 aliphatic carbocycles. The molecule has 6 heteroatoms. The molecular weight excluding hydrogens is 318 g/mol. The van der Waals surface area contributed by atoms with Gasteiger partial charge in [-0.05, 0) is 24.4 Å². The third-order valence-electron chi connectivity index (χ3n) is 3.31. The van der Waals surface area contributed by atoms with Gasteiger partial charge in [0.15, 0.2) is 0 Å². The van der Waals surface area contributed by atoms with Gasteiger partial charge in [0.25, 0.3) is 0 Å². The molecule has 1 aromatic carbocycles. The van der Waals surface area contributed by atoms with Gasteiger partial charge in [0.1, 0.15) is 5.75 Å². The van der Waals surface area contributed by atoms with E-state index in [1.165, 1.54) is 17.4 Å². The number of benzene rings is 1. The molecule has 0 fully saturated rings. The molecule has 0 aliphatic heterocycles. The number of rotatable bonds is 6. The van der Waals surface area contributed by atoms with Crippen molar-refractivity contribution in [3.63, 3.8) is 0 Å². The Labute approximate surface area is 138 Å². The molecule has 1 unspecified atom stereocenters. The average Bonchev–Trinajstić information content (AvgIpc) is 3.05. The Bertz CT molecular complexity index is 668. The van der Waals surface area contributed by atoms with Crippen molar-refractivity contribution >= 4 is 35.7 Å². The highest BCUT2D eigenvalue weighted by molar-refractivity contribution is 7.80. The summed E-state index contributed by atoms with van der Waals surface area (Å²) in [6, 6.07) is 8.23. The van der Waals surface area contributed by atoms with E-state index in [1.807, 2.05) is 5.38 Å². The summed E-state index contributed by atoms with van der Waals surface area (Å²) in [5.74, 6) is -0.300. The maximum absolute atomic E-state index is 12.2. The molecule has 0 saturated heterocycles. The van der Waals surface area contributed by atoms with Crippen molar-refractivity contribution in [2.24, 2.45) is 0 Å². The Balaban J connectivity index is 2.19. The van der Waals surface area contributed by atoms with Gasteiger partial charge in [0.2, 0.25) is 11.7 Å². The quantitative estimate of drug-likeness (QED) is 0.562. The molecule has 1 atom stereocenters. The van der Waals surface area contributed by atoms with Crippen LogP contribution in [0.2, 0.25) is 0 Å². The maximum atomic E-state index is 12.2. The van der Waals surface area contributed by atoms with Crippen molar-refractivity contribution in [2.75, 3.05) is 12.3 Å². The largest absolute Gasteiger partial charge is 0.508 e. The van der Waals surface area contributed by atoms with Gasteiger partial charge in [0, 0.05) is 23.4 Å². The van der Waals surface area contributed by atoms with Crippen LogP contribution in [-0.2, 0) is 4.79 Å². The van der Waals surface area contributed by atoms with Crippen molar-refractivity contribution in [2.45, 2.75) is 12.8 Å². The van der Waals surface area contributed by atoms with Crippen LogP contribution >= 0.6 is 24.0 Å². The first-order chi connectivity index (χ1) is 10.5. The van der Waals surface area contributed by atoms with Crippen LogP contribution in [0, 0.1) is 0 Å². The summed E-state index contributed by atoms with van der Waals surface area (Å²) in [5, 5.41) is 14.7. The van der Waals surface area contributed by atoms with Gasteiger partial charge in [-0.2, -0.15) is 12.6 Å². The molecular formula is C16H17NO3S2. The molecule has 0 bridgehead atoms. The van der Waals surface area contributed by atoms with E-state index in [2.05, 4.69) is 17.9 Å². The van der Waals surface area contributed by atoms with Gasteiger partial charge in [-0.15, -0.1) is 11.3 Å². The average molecular weight is 335 g/mol. The maximum Gasteiger partial charge on any atom is 0.227 e. The number of ketones is 1. The van der Waals surface area contributed by atoms with Crippen LogP contribution in [-0.4, -0.2) is 29.1 Å². The molecule has 22 heavy (non-hydrogen) atoms. The Kier molecular flexibility index (Phi) is 5.63. The number of carbonyl (C=O) groups excluding carboxylic acids is 2. The van der Waals surface area contributed by atoms with E-state index < -0.39 is 5.92 Å². The highest BCUT2D eigenvalue weighted by Gasteiger charge is 2.20. The van der Waals surface area contributed by atoms with Crippen LogP contribution in [0.4, 0.5) is 0 Å². The predicted molar refractivity (Wildman–Crippen MR) is 91.1 cm³/mol. The lowest BCUT2D eigenvalue weighted by atomic mass is 9.96. The second kappa shape index (κ2) is 7.47. The third-order valence-corrected chi connectivity index (χ3v) is 4.40. The molecule has 1 aromatic heterocycles. The molecule has 0 aliphatic rings. The Morgan fingerprint density at radius 2 is 2.14 bits per heavy atom. The van der Waals surface area contributed by atoms with Gasteiger partial charge in [-0.1, -0.05) is 18.2 Å². The number of nitrogens with one attached hydrogen (secondary N) is 1. The molecule has 2 aromatic rings. The van der Waals surface area contributed by atoms with Gasteiger partial charge < -0.3 is 10.4 Å². The van der Waals surface area contributed by atoms with Crippen LogP contribution in [0.15, 0.2) is 35.7 Å². The van der Waals surface area contributed by atoms with Crippen molar-refractivity contribution < 1.29 is 14.7 Å². The monoisotopic (exact) mass is 335 g/mol. The van der Waals surface area contributed by atoms with Gasteiger partial charge in [0.05, 0.1) is 10.8 Å². The Morgan fingerprint density at radius 3 is 2.73 bits per heavy atom. The number of aromatic hydroxyl groups is 1. The fraction of sp³-hybridized carbons (Fsp3) is 0.250. The second-order valence-corrected chi connectivity index (χ2v) is 6.21. The van der Waals surface area contributed by atoms with Gasteiger partial charge in [-0.25, -0.2) is 0 Å². The molecule has 0 radical (unpaired) electrons. The molecule has 116 valence electrons. The minimum absolute atomic E-state index is 0.0454. The van der Waals surface area contributed by atoms with Crippen molar-refractivity contribution in [3.05, 3.63) is 51.7 Å². The number of phenolic OH excluding ortho intramolecular Hbond substituents is 1. The summed E-state index contributed by atoms with van der Waals surface area (Å²) in [6.07, 6.45) is 0. The number of thiol groups is 1. The zero-order valence-electron chi connectivity index (χ0n) is 12.1. The predicted octanol–water partition coefficient (Wildman–Crippen LogP) is 2.83. The lowest BCUT2D eigenvalue weighted by Gasteiger charge is -2.14. The number of hydrogen-bond acceptors (Lipinski definition) is 5. The van der Waals surface area contributed by atoms with Gasteiger partial charge in [-0.3, -0.25) is 9.59 Å². The number of amides is 1. The van der Waals surface area contributed by atoms with Gasteiger partial charge >= 0.3 is 0 Å². The summed E-state index contributed by atoms with van der Waals surface area (Å²) in [4.78, 5) is 24.8. The number of phenols is 1. The normalized spacial score (nSPS) is 11.9. The molecule has 1 amide bonds. The summed E-state index contributed by atoms with van der Waals surface area (Å²) in [6.45, 7) is 2.19. The lowest BCUT2D eigenvalue weighted by Crippen LogP contribution is -2.29. The SMILES string of the molecule is CC(C(=O)NCCS)c1ccc(C(=O)c2cccs2)cc1O. The fourth-order valence-electron chi connectivity index (χ4n) is 2.07. The molecule has 0 spiro atoms. The Hall–Kier alpha value is -1.79. The topological polar surface area (TPSA) is 66.4 Å². The van der Waals surface area contributed by atoms with E-state index in [4.69, 9.17) is 0 Å². The zero-order chi connectivity index (χ0) is 16.1. The lowest BCUT2D eigenvalue weighted by molar-refractivity contribution is -0.122. The fourth-order valence-corrected chi connectivity index (χ4v) is 2.87. The van der Waals surface area contributed by atoms with Crippen LogP contribution in [0.25, 0.3) is 0 Å². The standard InChI is InChI=1S/C16H17NO3S2/c1-10(16(20)17-6-7-21)12-5-4-11(9-13(12)18)15(19)14-3-2-8-22-14/h2-5,8-10,18,21H,6-7H2,1H3,(H,17,20). The summed E-state index contributed by atoms with van der Waals surface area (Å²) < 4.78 is 0. The van der Waals surface area contributed by atoms with E-state index in [0.717, 1.165) is 0 Å². The highest BCUT2D eigenvalue weighted by atomic mass is 32.1.